The van der Waals surface area contributed by atoms with E-state index in [9.17, 15) is 35.9 Å². The standard InChI is InChI=1S/C20H17F6N3O3/c1-28(11-13-7-5-6-10-15(13)32-20(24,25)26)12-29-16(30)18(19(21,22)23,27-17(29)31)14-8-3-2-4-9-14/h2-10H,11-12H2,1H3,(H,27,31). The van der Waals surface area contributed by atoms with E-state index in [0.717, 1.165) is 18.2 Å². The molecule has 2 aromatic rings. The van der Waals surface area contributed by atoms with Crippen LogP contribution in [-0.4, -0.2) is 48.0 Å². The summed E-state index contributed by atoms with van der Waals surface area (Å²) in [7, 11) is 1.33. The highest BCUT2D eigenvalue weighted by atomic mass is 19.4. The molecular formula is C20H17F6N3O3. The van der Waals surface area contributed by atoms with Gasteiger partial charge in [-0.15, -0.1) is 13.2 Å². The Morgan fingerprint density at radius 1 is 0.969 bits per heavy atom. The van der Waals surface area contributed by atoms with Crippen molar-refractivity contribution in [3.8, 4) is 5.75 Å². The van der Waals surface area contributed by atoms with Gasteiger partial charge in [0.2, 0.25) is 5.54 Å². The van der Waals surface area contributed by atoms with E-state index in [-0.39, 0.29) is 12.1 Å². The van der Waals surface area contributed by atoms with Crippen LogP contribution in [0.5, 0.6) is 5.75 Å². The first-order valence-electron chi connectivity index (χ1n) is 9.14. The molecule has 2 aromatic carbocycles. The SMILES string of the molecule is CN(Cc1ccccc1OC(F)(F)F)CN1C(=O)NC(c2ccccc2)(C(F)(F)F)C1=O. The second-order valence-electron chi connectivity index (χ2n) is 7.09. The largest absolute Gasteiger partial charge is 0.573 e. The molecule has 1 N–H and O–H groups in total. The number of hydrogen-bond acceptors (Lipinski definition) is 4. The number of urea groups is 1. The molecule has 3 amide bonds. The molecule has 0 bridgehead atoms. The molecule has 1 aliphatic heterocycles. The van der Waals surface area contributed by atoms with Gasteiger partial charge in [0.15, 0.2) is 0 Å². The minimum Gasteiger partial charge on any atom is -0.405 e. The van der Waals surface area contributed by atoms with Gasteiger partial charge in [-0.1, -0.05) is 48.5 Å². The van der Waals surface area contributed by atoms with Crippen LogP contribution < -0.4 is 10.1 Å². The molecule has 0 aliphatic carbocycles. The molecular weight excluding hydrogens is 444 g/mol. The number of halogens is 6. The predicted octanol–water partition coefficient (Wildman–Crippen LogP) is 3.98. The van der Waals surface area contributed by atoms with Gasteiger partial charge in [-0.25, -0.2) is 9.69 Å². The molecule has 32 heavy (non-hydrogen) atoms. The lowest BCUT2D eigenvalue weighted by Gasteiger charge is -2.30. The van der Waals surface area contributed by atoms with Gasteiger partial charge >= 0.3 is 18.6 Å². The zero-order chi connectivity index (χ0) is 23.7. The maximum absolute atomic E-state index is 14.0. The van der Waals surface area contributed by atoms with E-state index < -0.39 is 48.0 Å². The van der Waals surface area contributed by atoms with Crippen molar-refractivity contribution in [2.45, 2.75) is 24.6 Å². The summed E-state index contributed by atoms with van der Waals surface area (Å²) >= 11 is 0. The van der Waals surface area contributed by atoms with E-state index in [4.69, 9.17) is 0 Å². The number of imide groups is 1. The minimum atomic E-state index is -5.14. The number of amides is 3. The lowest BCUT2D eigenvalue weighted by molar-refractivity contribution is -0.275. The Hall–Kier alpha value is -3.28. The maximum Gasteiger partial charge on any atom is 0.573 e. The van der Waals surface area contributed by atoms with Crippen molar-refractivity contribution in [1.29, 1.82) is 0 Å². The van der Waals surface area contributed by atoms with Crippen LogP contribution in [0.25, 0.3) is 0 Å². The van der Waals surface area contributed by atoms with Gasteiger partial charge < -0.3 is 10.1 Å². The summed E-state index contributed by atoms with van der Waals surface area (Å²) in [6.45, 7) is -0.844. The van der Waals surface area contributed by atoms with Gasteiger partial charge in [0.05, 0.1) is 6.67 Å². The molecule has 1 saturated heterocycles. The summed E-state index contributed by atoms with van der Waals surface area (Å²) in [4.78, 5) is 26.8. The zero-order valence-corrected chi connectivity index (χ0v) is 16.5. The van der Waals surface area contributed by atoms with E-state index in [1.165, 1.54) is 48.3 Å². The first-order chi connectivity index (χ1) is 14.8. The molecule has 0 saturated carbocycles. The molecule has 6 nitrogen and oxygen atoms in total. The number of para-hydroxylation sites is 1. The molecule has 1 aliphatic rings. The number of nitrogens with zero attached hydrogens (tertiary/aromatic N) is 2. The third kappa shape index (κ3) is 4.49. The van der Waals surface area contributed by atoms with Crippen molar-refractivity contribution in [2.24, 2.45) is 0 Å². The van der Waals surface area contributed by atoms with E-state index >= 15 is 0 Å². The summed E-state index contributed by atoms with van der Waals surface area (Å²) in [6, 6.07) is 10.1. The van der Waals surface area contributed by atoms with Crippen LogP contribution in [0, 0.1) is 0 Å². The van der Waals surface area contributed by atoms with Gasteiger partial charge in [0, 0.05) is 12.1 Å². The quantitative estimate of drug-likeness (QED) is 0.522. The topological polar surface area (TPSA) is 61.9 Å². The molecule has 12 heteroatoms. The predicted molar refractivity (Wildman–Crippen MR) is 99.0 cm³/mol. The highest BCUT2D eigenvalue weighted by molar-refractivity contribution is 6.08. The number of hydrogen-bond donors (Lipinski definition) is 1. The van der Waals surface area contributed by atoms with Crippen molar-refractivity contribution >= 4 is 11.9 Å². The van der Waals surface area contributed by atoms with Crippen molar-refractivity contribution in [3.63, 3.8) is 0 Å². The van der Waals surface area contributed by atoms with Gasteiger partial charge in [-0.3, -0.25) is 9.69 Å². The molecule has 0 radical (unpaired) electrons. The van der Waals surface area contributed by atoms with Crippen molar-refractivity contribution in [1.82, 2.24) is 15.1 Å². The molecule has 1 heterocycles. The van der Waals surface area contributed by atoms with Crippen molar-refractivity contribution in [2.75, 3.05) is 13.7 Å². The fourth-order valence-electron chi connectivity index (χ4n) is 3.38. The first kappa shape index (κ1) is 23.4. The lowest BCUT2D eigenvalue weighted by Crippen LogP contribution is -2.56. The molecule has 0 spiro atoms. The Labute approximate surface area is 178 Å². The van der Waals surface area contributed by atoms with Crippen LogP contribution in [0.1, 0.15) is 11.1 Å². The average molecular weight is 461 g/mol. The number of benzene rings is 2. The third-order valence-electron chi connectivity index (χ3n) is 4.76. The molecule has 0 aromatic heterocycles. The van der Waals surface area contributed by atoms with Crippen molar-refractivity contribution < 1.29 is 40.7 Å². The van der Waals surface area contributed by atoms with Gasteiger partial charge in [0.25, 0.3) is 5.91 Å². The molecule has 1 fully saturated rings. The molecule has 1 atom stereocenters. The second kappa shape index (κ2) is 8.34. The van der Waals surface area contributed by atoms with Crippen LogP contribution in [0.3, 0.4) is 0 Å². The first-order valence-corrected chi connectivity index (χ1v) is 9.14. The van der Waals surface area contributed by atoms with Gasteiger partial charge in [-0.05, 0) is 18.7 Å². The number of carbonyl (C=O) groups excluding carboxylic acids is 2. The van der Waals surface area contributed by atoms with Crippen LogP contribution >= 0.6 is 0 Å². The number of carbonyl (C=O) groups is 2. The normalized spacial score (nSPS) is 19.4. The summed E-state index contributed by atoms with van der Waals surface area (Å²) < 4.78 is 83.7. The number of alkyl halides is 6. The molecule has 172 valence electrons. The summed E-state index contributed by atoms with van der Waals surface area (Å²) in [5.41, 5.74) is -3.66. The Kier molecular flexibility index (Phi) is 6.09. The Bertz CT molecular complexity index is 996. The van der Waals surface area contributed by atoms with Gasteiger partial charge in [0.1, 0.15) is 5.75 Å². The Morgan fingerprint density at radius 3 is 2.16 bits per heavy atom. The van der Waals surface area contributed by atoms with Gasteiger partial charge in [-0.2, -0.15) is 13.2 Å². The fourth-order valence-corrected chi connectivity index (χ4v) is 3.38. The average Bonchev–Trinajstić information content (AvgIpc) is 2.94. The minimum absolute atomic E-state index is 0.0597. The highest BCUT2D eigenvalue weighted by Gasteiger charge is 2.68. The summed E-state index contributed by atoms with van der Waals surface area (Å²) in [6.07, 6.45) is -10.1. The lowest BCUT2D eigenvalue weighted by atomic mass is 9.89. The smallest absolute Gasteiger partial charge is 0.405 e. The maximum atomic E-state index is 14.0. The number of ether oxygens (including phenoxy) is 1. The second-order valence-corrected chi connectivity index (χ2v) is 7.09. The number of rotatable bonds is 6. The van der Waals surface area contributed by atoms with Crippen LogP contribution in [0.4, 0.5) is 31.1 Å². The highest BCUT2D eigenvalue weighted by Crippen LogP contribution is 2.43. The number of nitrogens with one attached hydrogen (secondary N) is 1. The summed E-state index contributed by atoms with van der Waals surface area (Å²) in [5.74, 6) is -2.04. The van der Waals surface area contributed by atoms with Crippen LogP contribution in [0.2, 0.25) is 0 Å². The van der Waals surface area contributed by atoms with E-state index in [1.807, 2.05) is 0 Å². The van der Waals surface area contributed by atoms with E-state index in [2.05, 4.69) is 4.74 Å². The fraction of sp³-hybridized carbons (Fsp3) is 0.300. The Balaban J connectivity index is 1.83. The Morgan fingerprint density at radius 2 is 1.56 bits per heavy atom. The summed E-state index contributed by atoms with van der Waals surface area (Å²) in [5, 5.41) is 1.75. The monoisotopic (exact) mass is 461 g/mol. The van der Waals surface area contributed by atoms with Crippen LogP contribution in [-0.2, 0) is 16.9 Å². The molecule has 3 rings (SSSR count). The van der Waals surface area contributed by atoms with Crippen LogP contribution in [0.15, 0.2) is 54.6 Å². The van der Waals surface area contributed by atoms with Crippen molar-refractivity contribution in [3.05, 3.63) is 65.7 Å². The molecule has 1 unspecified atom stereocenters. The van der Waals surface area contributed by atoms with E-state index in [1.54, 1.807) is 5.32 Å². The van der Waals surface area contributed by atoms with E-state index in [0.29, 0.717) is 4.90 Å². The zero-order valence-electron chi connectivity index (χ0n) is 16.5. The third-order valence-corrected chi connectivity index (χ3v) is 4.76.